The van der Waals surface area contributed by atoms with Gasteiger partial charge >= 0.3 is 0 Å². The van der Waals surface area contributed by atoms with Crippen LogP contribution in [0.2, 0.25) is 0 Å². The van der Waals surface area contributed by atoms with E-state index >= 15 is 0 Å². The first-order valence-electron chi connectivity index (χ1n) is 6.90. The Bertz CT molecular complexity index is 590. The summed E-state index contributed by atoms with van der Waals surface area (Å²) in [6, 6.07) is 13.5. The molecule has 0 amide bonds. The lowest BCUT2D eigenvalue weighted by Crippen LogP contribution is -1.88. The Balaban J connectivity index is 2.35. The van der Waals surface area contributed by atoms with Crippen molar-refractivity contribution in [1.82, 2.24) is 0 Å². The minimum atomic E-state index is 0.166. The molecule has 0 unspecified atom stereocenters. The first-order chi connectivity index (χ1) is 9.61. The highest BCUT2D eigenvalue weighted by Crippen LogP contribution is 2.31. The van der Waals surface area contributed by atoms with E-state index in [1.54, 1.807) is 12.1 Å². The van der Waals surface area contributed by atoms with Gasteiger partial charge in [-0.25, -0.2) is 0 Å². The van der Waals surface area contributed by atoms with Crippen molar-refractivity contribution < 1.29 is 10.2 Å². The number of hydrogen-bond donors (Lipinski definition) is 2. The standard InChI is InChI=1S/C18H20O2/c1-3-7-16-17(19)11-14(12-18(16)20)10-13(2)15-8-5-4-6-9-15/h4-6,8-12,19-20H,3,7H2,1-2H3/b13-10+. The second kappa shape index (κ2) is 6.29. The predicted molar refractivity (Wildman–Crippen MR) is 83.8 cm³/mol. The van der Waals surface area contributed by atoms with Crippen molar-refractivity contribution in [1.29, 1.82) is 0 Å². The van der Waals surface area contributed by atoms with Crippen LogP contribution in [0.4, 0.5) is 0 Å². The molecule has 0 atom stereocenters. The summed E-state index contributed by atoms with van der Waals surface area (Å²) in [5.41, 5.74) is 3.65. The van der Waals surface area contributed by atoms with Crippen LogP contribution in [0, 0.1) is 0 Å². The number of rotatable bonds is 4. The molecule has 2 aromatic rings. The zero-order valence-electron chi connectivity index (χ0n) is 11.9. The van der Waals surface area contributed by atoms with Gasteiger partial charge in [-0.1, -0.05) is 49.8 Å². The predicted octanol–water partition coefficient (Wildman–Crippen LogP) is 4.61. The van der Waals surface area contributed by atoms with Gasteiger partial charge in [-0.15, -0.1) is 0 Å². The van der Waals surface area contributed by atoms with Gasteiger partial charge in [-0.05, 0) is 42.2 Å². The van der Waals surface area contributed by atoms with Crippen LogP contribution in [-0.2, 0) is 6.42 Å². The summed E-state index contributed by atoms with van der Waals surface area (Å²) in [5, 5.41) is 20.0. The summed E-state index contributed by atoms with van der Waals surface area (Å²) in [7, 11) is 0. The Labute approximate surface area is 120 Å². The van der Waals surface area contributed by atoms with Gasteiger partial charge in [0, 0.05) is 5.56 Å². The van der Waals surface area contributed by atoms with Crippen molar-refractivity contribution in [3.8, 4) is 11.5 Å². The summed E-state index contributed by atoms with van der Waals surface area (Å²) in [5.74, 6) is 0.331. The van der Waals surface area contributed by atoms with Gasteiger partial charge in [0.15, 0.2) is 0 Å². The molecule has 0 radical (unpaired) electrons. The SMILES string of the molecule is CCCc1c(O)cc(/C=C(\C)c2ccccc2)cc1O. The first-order valence-corrected chi connectivity index (χ1v) is 6.90. The molecule has 0 aromatic heterocycles. The van der Waals surface area contributed by atoms with Gasteiger partial charge in [0.2, 0.25) is 0 Å². The van der Waals surface area contributed by atoms with Crippen molar-refractivity contribution in [3.63, 3.8) is 0 Å². The Hall–Kier alpha value is -2.22. The Kier molecular flexibility index (Phi) is 4.46. The van der Waals surface area contributed by atoms with E-state index in [4.69, 9.17) is 0 Å². The zero-order valence-corrected chi connectivity index (χ0v) is 11.9. The average Bonchev–Trinajstić information content (AvgIpc) is 2.44. The molecule has 0 heterocycles. The number of allylic oxidation sites excluding steroid dienone is 1. The van der Waals surface area contributed by atoms with Crippen LogP contribution in [-0.4, -0.2) is 10.2 Å². The Morgan fingerprint density at radius 2 is 1.65 bits per heavy atom. The van der Waals surface area contributed by atoms with E-state index in [-0.39, 0.29) is 11.5 Å². The molecule has 2 aromatic carbocycles. The highest BCUT2D eigenvalue weighted by molar-refractivity contribution is 5.81. The summed E-state index contributed by atoms with van der Waals surface area (Å²) >= 11 is 0. The van der Waals surface area contributed by atoms with Crippen LogP contribution < -0.4 is 0 Å². The summed E-state index contributed by atoms with van der Waals surface area (Å²) in [4.78, 5) is 0. The molecule has 0 aliphatic carbocycles. The van der Waals surface area contributed by atoms with Gasteiger partial charge in [0.1, 0.15) is 11.5 Å². The molecular weight excluding hydrogens is 248 g/mol. The normalized spacial score (nSPS) is 11.6. The van der Waals surface area contributed by atoms with E-state index < -0.39 is 0 Å². The molecule has 2 rings (SSSR count). The van der Waals surface area contributed by atoms with Gasteiger partial charge in [0.05, 0.1) is 0 Å². The molecule has 0 spiro atoms. The third-order valence-corrected chi connectivity index (χ3v) is 3.34. The van der Waals surface area contributed by atoms with Crippen molar-refractivity contribution >= 4 is 11.6 Å². The third kappa shape index (κ3) is 3.21. The fraction of sp³-hybridized carbons (Fsp3) is 0.222. The van der Waals surface area contributed by atoms with Crippen molar-refractivity contribution in [2.24, 2.45) is 0 Å². The minimum Gasteiger partial charge on any atom is -0.508 e. The maximum absolute atomic E-state index is 10.00. The Morgan fingerprint density at radius 3 is 2.20 bits per heavy atom. The molecule has 2 nitrogen and oxygen atoms in total. The van der Waals surface area contributed by atoms with Crippen LogP contribution in [0.1, 0.15) is 37.0 Å². The van der Waals surface area contributed by atoms with E-state index in [0.29, 0.717) is 12.0 Å². The van der Waals surface area contributed by atoms with Crippen LogP contribution in [0.25, 0.3) is 11.6 Å². The number of hydrogen-bond acceptors (Lipinski definition) is 2. The second-order valence-electron chi connectivity index (χ2n) is 4.98. The molecule has 0 saturated carbocycles. The fourth-order valence-corrected chi connectivity index (χ4v) is 2.29. The number of phenols is 2. The maximum atomic E-state index is 10.00. The van der Waals surface area contributed by atoms with E-state index in [2.05, 4.69) is 0 Å². The topological polar surface area (TPSA) is 40.5 Å². The lowest BCUT2D eigenvalue weighted by molar-refractivity contribution is 0.437. The molecule has 2 heteroatoms. The van der Waals surface area contributed by atoms with Crippen molar-refractivity contribution in [3.05, 3.63) is 59.2 Å². The summed E-state index contributed by atoms with van der Waals surface area (Å²) < 4.78 is 0. The zero-order chi connectivity index (χ0) is 14.5. The van der Waals surface area contributed by atoms with E-state index in [0.717, 1.165) is 23.1 Å². The molecule has 0 aliphatic heterocycles. The lowest BCUT2D eigenvalue weighted by atomic mass is 10.0. The van der Waals surface area contributed by atoms with Crippen LogP contribution in [0.3, 0.4) is 0 Å². The number of benzene rings is 2. The van der Waals surface area contributed by atoms with Gasteiger partial charge in [-0.3, -0.25) is 0 Å². The van der Waals surface area contributed by atoms with Crippen LogP contribution >= 0.6 is 0 Å². The number of phenolic OH excluding ortho intramolecular Hbond substituents is 2. The minimum absolute atomic E-state index is 0.166. The number of aromatic hydroxyl groups is 2. The smallest absolute Gasteiger partial charge is 0.123 e. The largest absolute Gasteiger partial charge is 0.508 e. The van der Waals surface area contributed by atoms with Gasteiger partial charge in [-0.2, -0.15) is 0 Å². The molecule has 0 aliphatic rings. The highest BCUT2D eigenvalue weighted by atomic mass is 16.3. The summed E-state index contributed by atoms with van der Waals surface area (Å²) in [6.45, 7) is 4.04. The van der Waals surface area contributed by atoms with E-state index in [1.165, 1.54) is 0 Å². The van der Waals surface area contributed by atoms with Gasteiger partial charge in [0.25, 0.3) is 0 Å². The molecular formula is C18H20O2. The highest BCUT2D eigenvalue weighted by Gasteiger charge is 2.08. The molecule has 0 saturated heterocycles. The molecule has 104 valence electrons. The Morgan fingerprint density at radius 1 is 1.05 bits per heavy atom. The maximum Gasteiger partial charge on any atom is 0.123 e. The molecule has 20 heavy (non-hydrogen) atoms. The third-order valence-electron chi connectivity index (χ3n) is 3.34. The average molecular weight is 268 g/mol. The van der Waals surface area contributed by atoms with Crippen LogP contribution in [0.5, 0.6) is 11.5 Å². The molecule has 0 bridgehead atoms. The fourth-order valence-electron chi connectivity index (χ4n) is 2.29. The molecule has 0 fully saturated rings. The monoisotopic (exact) mass is 268 g/mol. The quantitative estimate of drug-likeness (QED) is 0.795. The molecule has 2 N–H and O–H groups in total. The second-order valence-corrected chi connectivity index (χ2v) is 4.98. The first kappa shape index (κ1) is 14.2. The van der Waals surface area contributed by atoms with E-state index in [1.807, 2.05) is 50.3 Å². The van der Waals surface area contributed by atoms with E-state index in [9.17, 15) is 10.2 Å². The van der Waals surface area contributed by atoms with Crippen molar-refractivity contribution in [2.45, 2.75) is 26.7 Å². The van der Waals surface area contributed by atoms with Crippen molar-refractivity contribution in [2.75, 3.05) is 0 Å². The lowest BCUT2D eigenvalue weighted by Gasteiger charge is -2.08. The summed E-state index contributed by atoms with van der Waals surface area (Å²) in [6.07, 6.45) is 3.53. The van der Waals surface area contributed by atoms with Gasteiger partial charge < -0.3 is 10.2 Å². The van der Waals surface area contributed by atoms with Crippen LogP contribution in [0.15, 0.2) is 42.5 Å².